The van der Waals surface area contributed by atoms with Gasteiger partial charge < -0.3 is 0 Å². The summed E-state index contributed by atoms with van der Waals surface area (Å²) in [5.41, 5.74) is 0. The highest BCUT2D eigenvalue weighted by Gasteiger charge is 2.20. The van der Waals surface area contributed by atoms with Gasteiger partial charge in [0.15, 0.2) is 0 Å². The summed E-state index contributed by atoms with van der Waals surface area (Å²) in [6, 6.07) is 2.39. The van der Waals surface area contributed by atoms with Crippen LogP contribution in [0, 0.1) is 5.82 Å². The van der Waals surface area contributed by atoms with Gasteiger partial charge in [-0.3, -0.25) is 0 Å². The molecule has 0 amide bonds. The largest absolute Gasteiger partial charge is 0.243 e. The number of rotatable bonds is 6. The van der Waals surface area contributed by atoms with Crippen LogP contribution in [0.15, 0.2) is 40.1 Å². The smallest absolute Gasteiger partial charge is 0.225 e. The average molecular weight is 322 g/mol. The minimum atomic E-state index is -4.08. The lowest BCUT2D eigenvalue weighted by Gasteiger charge is -2.07. The predicted octanol–water partition coefficient (Wildman–Crippen LogP) is 0.718. The number of hydrogen-bond donors (Lipinski definition) is 2. The second kappa shape index (κ2) is 6.44. The standard InChI is InChI=1S/C11H15FN2O4S2/c1-2-3-4-7-14-20(17,18)11-6-5-9(8-10(11)12)19(13,15)16/h2-3,5-6,8,14H,4,7H2,1H3,(H2,13,15,16)/b3-2+. The van der Waals surface area contributed by atoms with Gasteiger partial charge in [-0.2, -0.15) is 0 Å². The molecule has 1 aromatic carbocycles. The zero-order chi connectivity index (χ0) is 15.4. The molecule has 112 valence electrons. The second-order valence-electron chi connectivity index (χ2n) is 3.89. The van der Waals surface area contributed by atoms with Crippen LogP contribution in [-0.4, -0.2) is 23.4 Å². The van der Waals surface area contributed by atoms with E-state index in [0.29, 0.717) is 12.5 Å². The van der Waals surface area contributed by atoms with Gasteiger partial charge in [-0.15, -0.1) is 0 Å². The first-order valence-electron chi connectivity index (χ1n) is 5.61. The molecule has 1 rings (SSSR count). The summed E-state index contributed by atoms with van der Waals surface area (Å²) in [5, 5.41) is 4.83. The molecule has 0 bridgehead atoms. The van der Waals surface area contributed by atoms with Gasteiger partial charge >= 0.3 is 0 Å². The lowest BCUT2D eigenvalue weighted by molar-refractivity contribution is 0.553. The van der Waals surface area contributed by atoms with Crippen molar-refractivity contribution in [3.63, 3.8) is 0 Å². The van der Waals surface area contributed by atoms with E-state index in [1.54, 1.807) is 19.1 Å². The maximum atomic E-state index is 13.7. The number of allylic oxidation sites excluding steroid dienone is 1. The number of primary sulfonamides is 1. The molecule has 0 aliphatic carbocycles. The zero-order valence-electron chi connectivity index (χ0n) is 10.7. The normalized spacial score (nSPS) is 12.9. The van der Waals surface area contributed by atoms with Gasteiger partial charge in [-0.1, -0.05) is 12.2 Å². The van der Waals surface area contributed by atoms with Crippen molar-refractivity contribution in [2.24, 2.45) is 5.14 Å². The molecule has 1 aromatic rings. The van der Waals surface area contributed by atoms with Crippen LogP contribution in [0.3, 0.4) is 0 Å². The Morgan fingerprint density at radius 3 is 2.45 bits per heavy atom. The van der Waals surface area contributed by atoms with Crippen LogP contribution in [0.2, 0.25) is 0 Å². The summed E-state index contributed by atoms with van der Waals surface area (Å²) >= 11 is 0. The molecule has 20 heavy (non-hydrogen) atoms. The molecular formula is C11H15FN2O4S2. The fraction of sp³-hybridized carbons (Fsp3) is 0.273. The van der Waals surface area contributed by atoms with Crippen molar-refractivity contribution in [2.45, 2.75) is 23.1 Å². The maximum Gasteiger partial charge on any atom is 0.243 e. The van der Waals surface area contributed by atoms with Gasteiger partial charge in [0.25, 0.3) is 0 Å². The third-order valence-corrected chi connectivity index (χ3v) is 4.77. The van der Waals surface area contributed by atoms with E-state index in [2.05, 4.69) is 4.72 Å². The summed E-state index contributed by atoms with van der Waals surface area (Å²) in [6.45, 7) is 1.91. The summed E-state index contributed by atoms with van der Waals surface area (Å²) in [7, 11) is -8.10. The summed E-state index contributed by atoms with van der Waals surface area (Å²) in [4.78, 5) is -1.10. The van der Waals surface area contributed by atoms with E-state index in [9.17, 15) is 21.2 Å². The van der Waals surface area contributed by atoms with E-state index in [1.807, 2.05) is 0 Å². The highest BCUT2D eigenvalue weighted by molar-refractivity contribution is 7.89. The Morgan fingerprint density at radius 1 is 1.30 bits per heavy atom. The van der Waals surface area contributed by atoms with Crippen molar-refractivity contribution in [3.8, 4) is 0 Å². The fourth-order valence-corrected chi connectivity index (χ4v) is 3.03. The zero-order valence-corrected chi connectivity index (χ0v) is 12.3. The first kappa shape index (κ1) is 16.8. The molecule has 0 aliphatic rings. The first-order valence-corrected chi connectivity index (χ1v) is 8.64. The lowest BCUT2D eigenvalue weighted by Crippen LogP contribution is -2.25. The van der Waals surface area contributed by atoms with E-state index in [0.717, 1.165) is 12.1 Å². The van der Waals surface area contributed by atoms with E-state index in [4.69, 9.17) is 5.14 Å². The van der Waals surface area contributed by atoms with Gasteiger partial charge in [0.1, 0.15) is 10.7 Å². The number of hydrogen-bond acceptors (Lipinski definition) is 4. The van der Waals surface area contributed by atoms with Crippen LogP contribution in [0.1, 0.15) is 13.3 Å². The van der Waals surface area contributed by atoms with Crippen LogP contribution in [0.25, 0.3) is 0 Å². The Hall–Kier alpha value is -1.29. The molecule has 0 saturated carbocycles. The minimum Gasteiger partial charge on any atom is -0.225 e. The molecule has 0 aliphatic heterocycles. The molecule has 0 unspecified atom stereocenters. The van der Waals surface area contributed by atoms with Crippen LogP contribution in [-0.2, 0) is 20.0 Å². The fourth-order valence-electron chi connectivity index (χ4n) is 1.40. The highest BCUT2D eigenvalue weighted by Crippen LogP contribution is 2.18. The van der Waals surface area contributed by atoms with Gasteiger partial charge in [0.2, 0.25) is 20.0 Å². The predicted molar refractivity (Wildman–Crippen MR) is 72.4 cm³/mol. The van der Waals surface area contributed by atoms with E-state index in [-0.39, 0.29) is 6.54 Å². The Balaban J connectivity index is 3.02. The SMILES string of the molecule is C/C=C/CCNS(=O)(=O)c1ccc(S(N)(=O)=O)cc1F. The van der Waals surface area contributed by atoms with Crippen LogP contribution in [0.5, 0.6) is 0 Å². The van der Waals surface area contributed by atoms with E-state index in [1.165, 1.54) is 0 Å². The molecular weight excluding hydrogens is 307 g/mol. The van der Waals surface area contributed by atoms with Crippen molar-refractivity contribution in [2.75, 3.05) is 6.54 Å². The number of halogens is 1. The molecule has 0 fully saturated rings. The molecule has 9 heteroatoms. The van der Waals surface area contributed by atoms with Gasteiger partial charge in [0.05, 0.1) is 4.90 Å². The van der Waals surface area contributed by atoms with Gasteiger partial charge in [0, 0.05) is 6.54 Å². The van der Waals surface area contributed by atoms with Crippen molar-refractivity contribution < 1.29 is 21.2 Å². The highest BCUT2D eigenvalue weighted by atomic mass is 32.2. The Morgan fingerprint density at radius 2 is 1.95 bits per heavy atom. The quantitative estimate of drug-likeness (QED) is 0.594. The van der Waals surface area contributed by atoms with Crippen molar-refractivity contribution in [1.29, 1.82) is 0 Å². The topological polar surface area (TPSA) is 106 Å². The molecule has 0 heterocycles. The third-order valence-electron chi connectivity index (χ3n) is 2.36. The summed E-state index contributed by atoms with van der Waals surface area (Å²) in [5.74, 6) is -1.17. The van der Waals surface area contributed by atoms with E-state index < -0.39 is 35.7 Å². The molecule has 0 saturated heterocycles. The van der Waals surface area contributed by atoms with Crippen molar-refractivity contribution in [3.05, 3.63) is 36.2 Å². The monoisotopic (exact) mass is 322 g/mol. The van der Waals surface area contributed by atoms with Gasteiger partial charge in [-0.05, 0) is 31.5 Å². The molecule has 0 aromatic heterocycles. The molecule has 0 atom stereocenters. The molecule has 6 nitrogen and oxygen atoms in total. The number of nitrogens with two attached hydrogens (primary N) is 1. The third kappa shape index (κ3) is 4.37. The minimum absolute atomic E-state index is 0.114. The average Bonchev–Trinajstić information content (AvgIpc) is 2.33. The molecule has 3 N–H and O–H groups in total. The lowest BCUT2D eigenvalue weighted by atomic mass is 10.3. The second-order valence-corrected chi connectivity index (χ2v) is 7.19. The van der Waals surface area contributed by atoms with Gasteiger partial charge in [-0.25, -0.2) is 31.1 Å². The van der Waals surface area contributed by atoms with Crippen LogP contribution in [0.4, 0.5) is 4.39 Å². The van der Waals surface area contributed by atoms with Crippen LogP contribution < -0.4 is 9.86 Å². The number of nitrogens with one attached hydrogen (secondary N) is 1. The van der Waals surface area contributed by atoms with Crippen LogP contribution >= 0.6 is 0 Å². The van der Waals surface area contributed by atoms with Crippen molar-refractivity contribution >= 4 is 20.0 Å². The molecule has 0 radical (unpaired) electrons. The Labute approximate surface area is 117 Å². The number of sulfonamides is 2. The first-order chi connectivity index (χ1) is 9.18. The summed E-state index contributed by atoms with van der Waals surface area (Å²) < 4.78 is 61.6. The maximum absolute atomic E-state index is 13.7. The summed E-state index contributed by atoms with van der Waals surface area (Å²) in [6.07, 6.45) is 3.98. The van der Waals surface area contributed by atoms with Crippen molar-refractivity contribution in [1.82, 2.24) is 4.72 Å². The molecule has 0 spiro atoms. The van der Waals surface area contributed by atoms with E-state index >= 15 is 0 Å². The Kier molecular flexibility index (Phi) is 5.40. The number of benzene rings is 1. The Bertz CT molecular complexity index is 712.